The lowest BCUT2D eigenvalue weighted by Gasteiger charge is -2.22. The highest BCUT2D eigenvalue weighted by Crippen LogP contribution is 2.22. The summed E-state index contributed by atoms with van der Waals surface area (Å²) in [6.07, 6.45) is -1.57. The van der Waals surface area contributed by atoms with Crippen molar-refractivity contribution < 1.29 is 38.8 Å². The van der Waals surface area contributed by atoms with Crippen LogP contribution in [0.25, 0.3) is 0 Å². The van der Waals surface area contributed by atoms with Gasteiger partial charge in [-0.15, -0.1) is 10.0 Å². The van der Waals surface area contributed by atoms with Gasteiger partial charge in [-0.1, -0.05) is 12.1 Å². The third kappa shape index (κ3) is 5.75. The molecule has 0 saturated carbocycles. The molecule has 1 aromatic rings. The van der Waals surface area contributed by atoms with Crippen LogP contribution in [0.2, 0.25) is 0 Å². The van der Waals surface area contributed by atoms with Gasteiger partial charge in [-0.3, -0.25) is 14.4 Å². The average Bonchev–Trinajstić information content (AvgIpc) is 2.86. The number of rotatable bonds is 7. The van der Waals surface area contributed by atoms with Crippen molar-refractivity contribution in [2.45, 2.75) is 45.3 Å². The molecular weight excluding hydrogens is 386 g/mol. The zero-order valence-corrected chi connectivity index (χ0v) is 16.1. The van der Waals surface area contributed by atoms with E-state index in [2.05, 4.69) is 5.32 Å². The van der Waals surface area contributed by atoms with E-state index < -0.39 is 41.4 Å². The zero-order chi connectivity index (χ0) is 21.8. The number of hydrogen-bond acceptors (Lipinski definition) is 7. The smallest absolute Gasteiger partial charge is 0.408 e. The van der Waals surface area contributed by atoms with E-state index in [1.54, 1.807) is 32.9 Å². The van der Waals surface area contributed by atoms with E-state index in [4.69, 9.17) is 9.68 Å². The molecule has 156 valence electrons. The predicted molar refractivity (Wildman–Crippen MR) is 96.2 cm³/mol. The maximum atomic E-state index is 12.1. The number of alkyl carbamates (subject to hydrolysis) is 1. The molecule has 29 heavy (non-hydrogen) atoms. The molecule has 0 spiro atoms. The molecule has 3 N–H and O–H groups in total. The molecule has 11 heteroatoms. The second-order valence-electron chi connectivity index (χ2n) is 7.14. The van der Waals surface area contributed by atoms with Gasteiger partial charge in [-0.25, -0.2) is 15.1 Å². The van der Waals surface area contributed by atoms with Gasteiger partial charge in [-0.05, 0) is 39.3 Å². The number of carboxylic acid groups (broad SMARTS) is 1. The average molecular weight is 407 g/mol. The highest BCUT2D eigenvalue weighted by atomic mass is 16.8. The van der Waals surface area contributed by atoms with Gasteiger partial charge < -0.3 is 15.2 Å². The van der Waals surface area contributed by atoms with Gasteiger partial charge in [0.25, 0.3) is 11.8 Å². The summed E-state index contributed by atoms with van der Waals surface area (Å²) in [6.45, 7) is 4.85. The van der Waals surface area contributed by atoms with E-state index in [1.165, 1.54) is 12.1 Å². The minimum absolute atomic E-state index is 0.138. The highest BCUT2D eigenvalue weighted by molar-refractivity contribution is 6.20. The van der Waals surface area contributed by atoms with E-state index in [9.17, 15) is 29.1 Å². The van der Waals surface area contributed by atoms with Crippen molar-refractivity contribution >= 4 is 29.8 Å². The number of hydrogen-bond donors (Lipinski definition) is 3. The number of amides is 4. The topological polar surface area (TPSA) is 151 Å². The minimum Gasteiger partial charge on any atom is -0.480 e. The van der Waals surface area contributed by atoms with Gasteiger partial charge in [0.2, 0.25) is 5.91 Å². The number of ether oxygens (including phenoxy) is 1. The summed E-state index contributed by atoms with van der Waals surface area (Å²) in [5, 5.41) is 11.7. The number of aliphatic carboxylic acids is 1. The standard InChI is InChI=1S/C18H21N3O8/c1-18(2,3)28-17(27)19-12(16(25)26)8-9-13(22)20-29-21-14(23)10-6-4-5-7-11(10)15(21)24/h4-7,12H,8-9H2,1-3H3,(H,19,27)(H,20,22)(H,25,26)/t12-/m0/s1. The van der Waals surface area contributed by atoms with Gasteiger partial charge in [0.05, 0.1) is 11.1 Å². The Morgan fingerprint density at radius 2 is 1.66 bits per heavy atom. The molecule has 4 amide bonds. The third-order valence-corrected chi connectivity index (χ3v) is 3.66. The van der Waals surface area contributed by atoms with Crippen LogP contribution in [0.1, 0.15) is 54.3 Å². The van der Waals surface area contributed by atoms with Crippen LogP contribution in [-0.4, -0.2) is 51.6 Å². The first kappa shape index (κ1) is 21.8. The first-order valence-corrected chi connectivity index (χ1v) is 8.65. The Hall–Kier alpha value is -3.47. The van der Waals surface area contributed by atoms with Gasteiger partial charge in [0.15, 0.2) is 0 Å². The van der Waals surface area contributed by atoms with Gasteiger partial charge in [-0.2, -0.15) is 0 Å². The second-order valence-corrected chi connectivity index (χ2v) is 7.14. The van der Waals surface area contributed by atoms with Crippen LogP contribution in [0.3, 0.4) is 0 Å². The monoisotopic (exact) mass is 407 g/mol. The Kier molecular flexibility index (Phi) is 6.54. The fourth-order valence-electron chi connectivity index (χ4n) is 2.38. The normalized spacial score (nSPS) is 14.2. The Bertz CT molecular complexity index is 811. The van der Waals surface area contributed by atoms with Crippen LogP contribution >= 0.6 is 0 Å². The summed E-state index contributed by atoms with van der Waals surface area (Å²) in [6, 6.07) is 4.67. The van der Waals surface area contributed by atoms with E-state index in [1.807, 2.05) is 5.48 Å². The van der Waals surface area contributed by atoms with Crippen molar-refractivity contribution in [3.63, 3.8) is 0 Å². The van der Waals surface area contributed by atoms with Crippen molar-refractivity contribution in [3.05, 3.63) is 35.4 Å². The van der Waals surface area contributed by atoms with Crippen molar-refractivity contribution in [2.75, 3.05) is 0 Å². The summed E-state index contributed by atoms with van der Waals surface area (Å²) in [5.74, 6) is -3.62. The first-order valence-electron chi connectivity index (χ1n) is 8.65. The van der Waals surface area contributed by atoms with E-state index in [0.29, 0.717) is 5.06 Å². The molecule has 0 aliphatic carbocycles. The van der Waals surface area contributed by atoms with Crippen molar-refractivity contribution in [3.8, 4) is 0 Å². The minimum atomic E-state index is -1.38. The van der Waals surface area contributed by atoms with Crippen LogP contribution in [0, 0.1) is 0 Å². The molecule has 0 saturated heterocycles. The van der Waals surface area contributed by atoms with E-state index in [-0.39, 0.29) is 24.0 Å². The number of nitrogens with zero attached hydrogens (tertiary/aromatic N) is 1. The summed E-state index contributed by atoms with van der Waals surface area (Å²) >= 11 is 0. The second kappa shape index (κ2) is 8.69. The number of carboxylic acids is 1. The summed E-state index contributed by atoms with van der Waals surface area (Å²) in [4.78, 5) is 63.8. The Morgan fingerprint density at radius 1 is 1.10 bits per heavy atom. The van der Waals surface area contributed by atoms with Gasteiger partial charge in [0, 0.05) is 6.42 Å². The van der Waals surface area contributed by atoms with Crippen LogP contribution < -0.4 is 10.8 Å². The number of carbonyl (C=O) groups is 5. The van der Waals surface area contributed by atoms with Crippen LogP contribution in [0.5, 0.6) is 0 Å². The predicted octanol–water partition coefficient (Wildman–Crippen LogP) is 1.00. The van der Waals surface area contributed by atoms with Crippen molar-refractivity contribution in [1.82, 2.24) is 15.9 Å². The van der Waals surface area contributed by atoms with Gasteiger partial charge >= 0.3 is 12.1 Å². The molecule has 11 nitrogen and oxygen atoms in total. The third-order valence-electron chi connectivity index (χ3n) is 3.66. The maximum Gasteiger partial charge on any atom is 0.408 e. The first-order chi connectivity index (χ1) is 13.5. The molecule has 0 unspecified atom stereocenters. The van der Waals surface area contributed by atoms with Crippen molar-refractivity contribution in [1.29, 1.82) is 0 Å². The van der Waals surface area contributed by atoms with Crippen LogP contribution in [0.15, 0.2) is 24.3 Å². The number of fused-ring (bicyclic) bond motifs is 1. The molecule has 2 rings (SSSR count). The summed E-state index contributed by atoms with van der Waals surface area (Å²) in [5.41, 5.74) is 1.38. The number of nitrogens with one attached hydrogen (secondary N) is 2. The summed E-state index contributed by atoms with van der Waals surface area (Å²) in [7, 11) is 0. The molecule has 1 heterocycles. The quantitative estimate of drug-likeness (QED) is 0.447. The Morgan fingerprint density at radius 3 is 2.14 bits per heavy atom. The molecule has 0 fully saturated rings. The lowest BCUT2D eigenvalue weighted by atomic mass is 10.1. The fraction of sp³-hybridized carbons (Fsp3) is 0.389. The zero-order valence-electron chi connectivity index (χ0n) is 16.1. The fourth-order valence-corrected chi connectivity index (χ4v) is 2.38. The number of hydroxylamine groups is 3. The Labute approximate surface area is 165 Å². The largest absolute Gasteiger partial charge is 0.480 e. The lowest BCUT2D eigenvalue weighted by Crippen LogP contribution is -2.44. The summed E-state index contributed by atoms with van der Waals surface area (Å²) < 4.78 is 4.97. The molecular formula is C18H21N3O8. The number of carbonyl (C=O) groups excluding carboxylic acids is 4. The molecule has 0 bridgehead atoms. The highest BCUT2D eigenvalue weighted by Gasteiger charge is 2.37. The number of imide groups is 1. The molecule has 1 atom stereocenters. The Balaban J connectivity index is 1.84. The van der Waals surface area contributed by atoms with Crippen LogP contribution in [0.4, 0.5) is 4.79 Å². The molecule has 1 aliphatic heterocycles. The SMILES string of the molecule is CC(C)(C)OC(=O)N[C@@H](CCC(=O)NON1C(=O)c2ccccc2C1=O)C(=O)O. The molecule has 0 aromatic heterocycles. The van der Waals surface area contributed by atoms with Crippen LogP contribution in [-0.2, 0) is 19.3 Å². The van der Waals surface area contributed by atoms with Crippen molar-refractivity contribution in [2.24, 2.45) is 0 Å². The number of benzene rings is 1. The van der Waals surface area contributed by atoms with E-state index in [0.717, 1.165) is 0 Å². The van der Waals surface area contributed by atoms with Gasteiger partial charge in [0.1, 0.15) is 11.6 Å². The molecule has 1 aromatic carbocycles. The van der Waals surface area contributed by atoms with E-state index >= 15 is 0 Å². The maximum absolute atomic E-state index is 12.1. The molecule has 1 aliphatic rings. The lowest BCUT2D eigenvalue weighted by molar-refractivity contribution is -0.167. The molecule has 0 radical (unpaired) electrons.